The molecule has 1 aliphatic carbocycles. The number of benzene rings is 1. The van der Waals surface area contributed by atoms with Crippen LogP contribution in [0.4, 0.5) is 0 Å². The maximum absolute atomic E-state index is 5.94. The van der Waals surface area contributed by atoms with Crippen molar-refractivity contribution in [1.82, 2.24) is 10.2 Å². The lowest BCUT2D eigenvalue weighted by molar-refractivity contribution is 0.227. The van der Waals surface area contributed by atoms with Gasteiger partial charge >= 0.3 is 0 Å². The molecule has 1 saturated heterocycles. The van der Waals surface area contributed by atoms with Gasteiger partial charge in [0.05, 0.1) is 0 Å². The van der Waals surface area contributed by atoms with Crippen LogP contribution in [-0.4, -0.2) is 37.7 Å². The van der Waals surface area contributed by atoms with E-state index in [9.17, 15) is 0 Å². The van der Waals surface area contributed by atoms with Crippen molar-refractivity contribution in [2.24, 2.45) is 11.8 Å². The molecule has 0 spiro atoms. The predicted molar refractivity (Wildman–Crippen MR) is 86.6 cm³/mol. The highest BCUT2D eigenvalue weighted by Gasteiger charge is 2.35. The van der Waals surface area contributed by atoms with Crippen molar-refractivity contribution in [3.8, 4) is 5.75 Å². The molecule has 1 aliphatic heterocycles. The predicted octanol–water partition coefficient (Wildman–Crippen LogP) is 2.91. The Balaban J connectivity index is 1.41. The fourth-order valence-corrected chi connectivity index (χ4v) is 3.82. The van der Waals surface area contributed by atoms with Crippen LogP contribution in [0.2, 0.25) is 0 Å². The fourth-order valence-electron chi connectivity index (χ4n) is 3.82. The van der Waals surface area contributed by atoms with E-state index in [1.165, 1.54) is 37.9 Å². The molecule has 0 aromatic heterocycles. The number of ether oxygens (including phenoxy) is 1. The lowest BCUT2D eigenvalue weighted by Crippen LogP contribution is -2.27. The number of hydrogen-bond acceptors (Lipinski definition) is 3. The van der Waals surface area contributed by atoms with E-state index in [-0.39, 0.29) is 0 Å². The van der Waals surface area contributed by atoms with Gasteiger partial charge in [-0.25, -0.2) is 0 Å². The molecule has 3 nitrogen and oxygen atoms in total. The van der Waals surface area contributed by atoms with Crippen LogP contribution in [-0.2, 0) is 6.54 Å². The molecule has 1 N–H and O–H groups in total. The maximum atomic E-state index is 5.94. The number of rotatable bonds is 7. The van der Waals surface area contributed by atoms with Gasteiger partial charge in [-0.1, -0.05) is 25.5 Å². The van der Waals surface area contributed by atoms with Crippen LogP contribution >= 0.6 is 0 Å². The Bertz CT molecular complexity index is 437. The first kappa shape index (κ1) is 14.9. The van der Waals surface area contributed by atoms with Crippen LogP contribution in [0.5, 0.6) is 5.75 Å². The van der Waals surface area contributed by atoms with Crippen LogP contribution in [0.3, 0.4) is 0 Å². The van der Waals surface area contributed by atoms with E-state index in [0.29, 0.717) is 0 Å². The Morgan fingerprint density at radius 3 is 2.81 bits per heavy atom. The zero-order valence-electron chi connectivity index (χ0n) is 13.2. The van der Waals surface area contributed by atoms with E-state index in [1.54, 1.807) is 0 Å². The lowest BCUT2D eigenvalue weighted by Gasteiger charge is -2.17. The van der Waals surface area contributed by atoms with Gasteiger partial charge < -0.3 is 10.1 Å². The molecule has 1 saturated carbocycles. The Kier molecular flexibility index (Phi) is 5.15. The van der Waals surface area contributed by atoms with Crippen LogP contribution in [0, 0.1) is 11.8 Å². The maximum Gasteiger partial charge on any atom is 0.119 e. The Labute approximate surface area is 128 Å². The van der Waals surface area contributed by atoms with E-state index >= 15 is 0 Å². The third kappa shape index (κ3) is 3.98. The molecule has 1 aromatic carbocycles. The second-order valence-corrected chi connectivity index (χ2v) is 6.49. The summed E-state index contributed by atoms with van der Waals surface area (Å²) in [6.45, 7) is 8.54. The SMILES string of the molecule is CCNCc1cccc(OCCN2CC3CCCC3C2)c1. The van der Waals surface area contributed by atoms with E-state index in [4.69, 9.17) is 4.74 Å². The van der Waals surface area contributed by atoms with Crippen molar-refractivity contribution in [1.29, 1.82) is 0 Å². The van der Waals surface area contributed by atoms with Crippen LogP contribution in [0.15, 0.2) is 24.3 Å². The van der Waals surface area contributed by atoms with Crippen molar-refractivity contribution in [2.75, 3.05) is 32.8 Å². The van der Waals surface area contributed by atoms with Gasteiger partial charge in [0, 0.05) is 26.2 Å². The highest BCUT2D eigenvalue weighted by Crippen LogP contribution is 2.37. The molecule has 2 aliphatic rings. The smallest absolute Gasteiger partial charge is 0.119 e. The molecule has 0 amide bonds. The average molecular weight is 288 g/mol. The summed E-state index contributed by atoms with van der Waals surface area (Å²) >= 11 is 0. The first-order chi connectivity index (χ1) is 10.3. The summed E-state index contributed by atoms with van der Waals surface area (Å²) in [7, 11) is 0. The molecule has 0 bridgehead atoms. The molecule has 3 rings (SSSR count). The molecule has 116 valence electrons. The third-order valence-electron chi connectivity index (χ3n) is 4.96. The molecule has 2 fully saturated rings. The van der Waals surface area contributed by atoms with Gasteiger partial charge in [0.1, 0.15) is 12.4 Å². The Hall–Kier alpha value is -1.06. The standard InChI is InChI=1S/C18H28N2O/c1-2-19-12-15-5-3-8-18(11-15)21-10-9-20-13-16-6-4-7-17(16)14-20/h3,5,8,11,16-17,19H,2,4,6-7,9-10,12-14H2,1H3. The molecular weight excluding hydrogens is 260 g/mol. The van der Waals surface area contributed by atoms with Crippen molar-refractivity contribution in [3.05, 3.63) is 29.8 Å². The monoisotopic (exact) mass is 288 g/mol. The van der Waals surface area contributed by atoms with Gasteiger partial charge in [-0.2, -0.15) is 0 Å². The number of nitrogens with zero attached hydrogens (tertiary/aromatic N) is 1. The first-order valence-corrected chi connectivity index (χ1v) is 8.50. The highest BCUT2D eigenvalue weighted by atomic mass is 16.5. The van der Waals surface area contributed by atoms with Crippen LogP contribution in [0.1, 0.15) is 31.7 Å². The molecule has 0 radical (unpaired) electrons. The zero-order valence-corrected chi connectivity index (χ0v) is 13.2. The average Bonchev–Trinajstić information content (AvgIpc) is 3.07. The summed E-state index contributed by atoms with van der Waals surface area (Å²) in [4.78, 5) is 2.59. The lowest BCUT2D eigenvalue weighted by atomic mass is 10.0. The van der Waals surface area contributed by atoms with Gasteiger partial charge in [-0.05, 0) is 48.9 Å². The zero-order chi connectivity index (χ0) is 14.5. The largest absolute Gasteiger partial charge is 0.492 e. The number of fused-ring (bicyclic) bond motifs is 1. The summed E-state index contributed by atoms with van der Waals surface area (Å²) in [5.41, 5.74) is 1.30. The quantitative estimate of drug-likeness (QED) is 0.835. The summed E-state index contributed by atoms with van der Waals surface area (Å²) in [5.74, 6) is 2.96. The van der Waals surface area contributed by atoms with Crippen molar-refractivity contribution >= 4 is 0 Å². The van der Waals surface area contributed by atoms with E-state index in [2.05, 4.69) is 41.4 Å². The highest BCUT2D eigenvalue weighted by molar-refractivity contribution is 5.28. The second-order valence-electron chi connectivity index (χ2n) is 6.49. The van der Waals surface area contributed by atoms with Gasteiger partial charge in [-0.3, -0.25) is 4.90 Å². The number of nitrogens with one attached hydrogen (secondary N) is 1. The summed E-state index contributed by atoms with van der Waals surface area (Å²) < 4.78 is 5.94. The number of likely N-dealkylation sites (tertiary alicyclic amines) is 1. The van der Waals surface area contributed by atoms with Gasteiger partial charge in [0.25, 0.3) is 0 Å². The minimum atomic E-state index is 0.810. The number of hydrogen-bond donors (Lipinski definition) is 1. The summed E-state index contributed by atoms with van der Waals surface area (Å²) in [6, 6.07) is 8.45. The van der Waals surface area contributed by atoms with Crippen molar-refractivity contribution in [3.63, 3.8) is 0 Å². The van der Waals surface area contributed by atoms with E-state index in [1.807, 2.05) is 0 Å². The van der Waals surface area contributed by atoms with E-state index in [0.717, 1.165) is 43.8 Å². The van der Waals surface area contributed by atoms with E-state index < -0.39 is 0 Å². The Morgan fingerprint density at radius 2 is 2.05 bits per heavy atom. The van der Waals surface area contributed by atoms with Gasteiger partial charge in [0.2, 0.25) is 0 Å². The minimum absolute atomic E-state index is 0.810. The van der Waals surface area contributed by atoms with Crippen molar-refractivity contribution < 1.29 is 4.74 Å². The summed E-state index contributed by atoms with van der Waals surface area (Å²) in [6.07, 6.45) is 4.36. The Morgan fingerprint density at radius 1 is 1.24 bits per heavy atom. The first-order valence-electron chi connectivity index (χ1n) is 8.50. The molecule has 2 atom stereocenters. The minimum Gasteiger partial charge on any atom is -0.492 e. The molecule has 2 unspecified atom stereocenters. The molecule has 3 heteroatoms. The van der Waals surface area contributed by atoms with Crippen LogP contribution < -0.4 is 10.1 Å². The third-order valence-corrected chi connectivity index (χ3v) is 4.96. The van der Waals surface area contributed by atoms with Crippen molar-refractivity contribution in [2.45, 2.75) is 32.7 Å². The topological polar surface area (TPSA) is 24.5 Å². The van der Waals surface area contributed by atoms with Gasteiger partial charge in [0.15, 0.2) is 0 Å². The van der Waals surface area contributed by atoms with Crippen LogP contribution in [0.25, 0.3) is 0 Å². The normalized spacial score (nSPS) is 25.2. The second kappa shape index (κ2) is 7.28. The molecule has 1 heterocycles. The molecule has 21 heavy (non-hydrogen) atoms. The fraction of sp³-hybridized carbons (Fsp3) is 0.667. The molecular formula is C18H28N2O. The summed E-state index contributed by atoms with van der Waals surface area (Å²) in [5, 5.41) is 3.35. The molecule has 1 aromatic rings. The van der Waals surface area contributed by atoms with Gasteiger partial charge in [-0.15, -0.1) is 0 Å².